The van der Waals surface area contributed by atoms with Crippen molar-refractivity contribution in [2.45, 2.75) is 20.0 Å². The highest BCUT2D eigenvalue weighted by molar-refractivity contribution is 5.77. The number of aliphatic hydroxyl groups excluding tert-OH is 1. The van der Waals surface area contributed by atoms with Crippen molar-refractivity contribution in [2.75, 3.05) is 37.7 Å². The van der Waals surface area contributed by atoms with Crippen molar-refractivity contribution in [2.24, 2.45) is 0 Å². The van der Waals surface area contributed by atoms with E-state index in [1.54, 1.807) is 17.3 Å². The van der Waals surface area contributed by atoms with Crippen molar-refractivity contribution >= 4 is 11.7 Å². The summed E-state index contributed by atoms with van der Waals surface area (Å²) >= 11 is 0. The van der Waals surface area contributed by atoms with Crippen LogP contribution in [0.2, 0.25) is 0 Å². The average Bonchev–Trinajstić information content (AvgIpc) is 2.46. The maximum absolute atomic E-state index is 11.4. The first-order valence-electron chi connectivity index (χ1n) is 6.73. The summed E-state index contributed by atoms with van der Waals surface area (Å²) in [5.41, 5.74) is 0. The lowest BCUT2D eigenvalue weighted by atomic mass is 10.3. The van der Waals surface area contributed by atoms with Crippen molar-refractivity contribution < 1.29 is 14.6 Å². The Morgan fingerprint density at radius 1 is 1.30 bits per heavy atom. The van der Waals surface area contributed by atoms with Crippen molar-refractivity contribution in [3.63, 3.8) is 0 Å². The lowest BCUT2D eigenvalue weighted by molar-refractivity contribution is -0.134. The number of anilines is 1. The highest BCUT2D eigenvalue weighted by Crippen LogP contribution is 2.24. The molecule has 110 valence electrons. The van der Waals surface area contributed by atoms with E-state index >= 15 is 0 Å². The first kappa shape index (κ1) is 14.5. The van der Waals surface area contributed by atoms with Crippen LogP contribution in [-0.4, -0.2) is 64.8 Å². The van der Waals surface area contributed by atoms with Gasteiger partial charge in [-0.3, -0.25) is 4.79 Å². The van der Waals surface area contributed by atoms with Crippen LogP contribution in [0, 0.1) is 0 Å². The van der Waals surface area contributed by atoms with Gasteiger partial charge in [0.1, 0.15) is 6.61 Å². The standard InChI is InChI=1S/C13H20N4O3/c1-10(2)20-13-12(14-3-4-15-13)17-7-5-16(6-8-17)11(19)9-18/h3-4,10,18H,5-9H2,1-2H3. The summed E-state index contributed by atoms with van der Waals surface area (Å²) in [4.78, 5) is 23.7. The van der Waals surface area contributed by atoms with Gasteiger partial charge in [0.2, 0.25) is 5.91 Å². The van der Waals surface area contributed by atoms with Gasteiger partial charge in [-0.1, -0.05) is 0 Å². The molecule has 2 rings (SSSR count). The third-order valence-corrected chi connectivity index (χ3v) is 3.06. The summed E-state index contributed by atoms with van der Waals surface area (Å²) in [5.74, 6) is 0.990. The number of rotatable bonds is 4. The second kappa shape index (κ2) is 6.51. The highest BCUT2D eigenvalue weighted by Gasteiger charge is 2.24. The van der Waals surface area contributed by atoms with Gasteiger partial charge in [0, 0.05) is 38.6 Å². The zero-order chi connectivity index (χ0) is 14.5. The highest BCUT2D eigenvalue weighted by atomic mass is 16.5. The molecule has 0 atom stereocenters. The van der Waals surface area contributed by atoms with Crippen LogP contribution in [0.25, 0.3) is 0 Å². The van der Waals surface area contributed by atoms with E-state index in [-0.39, 0.29) is 12.0 Å². The van der Waals surface area contributed by atoms with Gasteiger partial charge in [-0.2, -0.15) is 0 Å². The topological polar surface area (TPSA) is 78.8 Å². The molecule has 0 aromatic carbocycles. The minimum atomic E-state index is -0.438. The largest absolute Gasteiger partial charge is 0.472 e. The minimum absolute atomic E-state index is 0.0303. The SMILES string of the molecule is CC(C)Oc1nccnc1N1CCN(C(=O)CO)CC1. The predicted molar refractivity (Wildman–Crippen MR) is 73.7 cm³/mol. The van der Waals surface area contributed by atoms with Gasteiger partial charge in [-0.15, -0.1) is 0 Å². The number of hydrogen-bond donors (Lipinski definition) is 1. The molecular weight excluding hydrogens is 260 g/mol. The number of aliphatic hydroxyl groups is 1. The number of hydrogen-bond acceptors (Lipinski definition) is 6. The van der Waals surface area contributed by atoms with Crippen LogP contribution < -0.4 is 9.64 Å². The summed E-state index contributed by atoms with van der Waals surface area (Å²) in [6, 6.07) is 0. The third kappa shape index (κ3) is 3.36. The Morgan fingerprint density at radius 2 is 1.95 bits per heavy atom. The van der Waals surface area contributed by atoms with Gasteiger partial charge < -0.3 is 19.6 Å². The Morgan fingerprint density at radius 3 is 2.55 bits per heavy atom. The molecule has 1 saturated heterocycles. The van der Waals surface area contributed by atoms with E-state index in [1.807, 2.05) is 18.7 Å². The lowest BCUT2D eigenvalue weighted by Gasteiger charge is -2.35. The summed E-state index contributed by atoms with van der Waals surface area (Å²) < 4.78 is 5.66. The van der Waals surface area contributed by atoms with Gasteiger partial charge >= 0.3 is 0 Å². The van der Waals surface area contributed by atoms with Crippen LogP contribution in [0.5, 0.6) is 5.88 Å². The predicted octanol–water partition coefficient (Wildman–Crippen LogP) is -0.0953. The quantitative estimate of drug-likeness (QED) is 0.830. The van der Waals surface area contributed by atoms with Crippen LogP contribution >= 0.6 is 0 Å². The molecule has 0 bridgehead atoms. The number of aromatic nitrogens is 2. The van der Waals surface area contributed by atoms with Gasteiger partial charge in [0.05, 0.1) is 6.10 Å². The number of amides is 1. The summed E-state index contributed by atoms with van der Waals surface area (Å²) in [5, 5.41) is 8.87. The molecular formula is C13H20N4O3. The maximum Gasteiger partial charge on any atom is 0.257 e. The molecule has 1 aliphatic rings. The average molecular weight is 280 g/mol. The fourth-order valence-corrected chi connectivity index (χ4v) is 2.11. The molecule has 1 aliphatic heterocycles. The van der Waals surface area contributed by atoms with E-state index in [2.05, 4.69) is 9.97 Å². The minimum Gasteiger partial charge on any atom is -0.472 e. The number of carbonyl (C=O) groups is 1. The Balaban J connectivity index is 2.05. The van der Waals surface area contributed by atoms with Crippen LogP contribution in [0.4, 0.5) is 5.82 Å². The fraction of sp³-hybridized carbons (Fsp3) is 0.615. The Hall–Kier alpha value is -1.89. The maximum atomic E-state index is 11.4. The first-order valence-corrected chi connectivity index (χ1v) is 6.73. The molecule has 0 spiro atoms. The van der Waals surface area contributed by atoms with E-state index in [4.69, 9.17) is 9.84 Å². The molecule has 1 aromatic heterocycles. The third-order valence-electron chi connectivity index (χ3n) is 3.06. The molecule has 1 amide bonds. The molecule has 0 saturated carbocycles. The molecule has 1 fully saturated rings. The monoisotopic (exact) mass is 280 g/mol. The molecule has 0 radical (unpaired) electrons. The van der Waals surface area contributed by atoms with Crippen LogP contribution in [-0.2, 0) is 4.79 Å². The van der Waals surface area contributed by atoms with E-state index in [1.165, 1.54) is 0 Å². The smallest absolute Gasteiger partial charge is 0.257 e. The summed E-state index contributed by atoms with van der Waals surface area (Å²) in [6.45, 7) is 5.88. The van der Waals surface area contributed by atoms with Crippen molar-refractivity contribution in [3.05, 3.63) is 12.4 Å². The number of piperazine rings is 1. The van der Waals surface area contributed by atoms with E-state index in [0.29, 0.717) is 37.9 Å². The van der Waals surface area contributed by atoms with Gasteiger partial charge in [-0.25, -0.2) is 9.97 Å². The van der Waals surface area contributed by atoms with Crippen molar-refractivity contribution in [1.82, 2.24) is 14.9 Å². The zero-order valence-electron chi connectivity index (χ0n) is 11.8. The molecule has 7 heteroatoms. The number of carbonyl (C=O) groups excluding carboxylic acids is 1. The van der Waals surface area contributed by atoms with E-state index in [0.717, 1.165) is 0 Å². The molecule has 2 heterocycles. The summed E-state index contributed by atoms with van der Waals surface area (Å²) in [7, 11) is 0. The fourth-order valence-electron chi connectivity index (χ4n) is 2.11. The Kier molecular flexibility index (Phi) is 4.73. The van der Waals surface area contributed by atoms with Crippen LogP contribution in [0.3, 0.4) is 0 Å². The molecule has 7 nitrogen and oxygen atoms in total. The first-order chi connectivity index (χ1) is 9.61. The van der Waals surface area contributed by atoms with Crippen molar-refractivity contribution in [1.29, 1.82) is 0 Å². The molecule has 0 unspecified atom stereocenters. The van der Waals surface area contributed by atoms with E-state index in [9.17, 15) is 4.79 Å². The molecule has 1 N–H and O–H groups in total. The molecule has 0 aliphatic carbocycles. The Bertz CT molecular complexity index is 459. The Labute approximate surface area is 118 Å². The normalized spacial score (nSPS) is 15.6. The van der Waals surface area contributed by atoms with Gasteiger partial charge in [-0.05, 0) is 13.8 Å². The summed E-state index contributed by atoms with van der Waals surface area (Å²) in [6.07, 6.45) is 3.27. The van der Waals surface area contributed by atoms with Crippen molar-refractivity contribution in [3.8, 4) is 5.88 Å². The second-order valence-corrected chi connectivity index (χ2v) is 4.88. The molecule has 1 aromatic rings. The van der Waals surface area contributed by atoms with E-state index < -0.39 is 6.61 Å². The zero-order valence-corrected chi connectivity index (χ0v) is 11.8. The van der Waals surface area contributed by atoms with Gasteiger partial charge in [0.25, 0.3) is 5.88 Å². The number of nitrogens with zero attached hydrogens (tertiary/aromatic N) is 4. The second-order valence-electron chi connectivity index (χ2n) is 4.88. The number of ether oxygens (including phenoxy) is 1. The van der Waals surface area contributed by atoms with Crippen LogP contribution in [0.1, 0.15) is 13.8 Å². The lowest BCUT2D eigenvalue weighted by Crippen LogP contribution is -2.50. The van der Waals surface area contributed by atoms with Crippen LogP contribution in [0.15, 0.2) is 12.4 Å². The molecule has 20 heavy (non-hydrogen) atoms. The van der Waals surface area contributed by atoms with Gasteiger partial charge in [0.15, 0.2) is 5.82 Å².